The first kappa shape index (κ1) is 16.3. The van der Waals surface area contributed by atoms with Gasteiger partial charge in [0.15, 0.2) is 0 Å². The normalized spacial score (nSPS) is 10.2. The minimum absolute atomic E-state index is 0. The monoisotopic (exact) mass is 489 g/mol. The van der Waals surface area contributed by atoms with Crippen molar-refractivity contribution < 1.29 is 20.1 Å². The summed E-state index contributed by atoms with van der Waals surface area (Å²) >= 11 is 0. The van der Waals surface area contributed by atoms with Gasteiger partial charge < -0.3 is 9.97 Å². The largest absolute Gasteiger partial charge is 0.434 e. The Morgan fingerprint density at radius 1 is 0.667 bits per heavy atom. The maximum atomic E-state index is 4.75. The first-order chi connectivity index (χ1) is 11.4. The summed E-state index contributed by atoms with van der Waals surface area (Å²) in [6, 6.07) is 26.0. The first-order valence-corrected chi connectivity index (χ1v) is 7.49. The number of hydrogen-bond acceptors (Lipinski definition) is 2. The Labute approximate surface area is 154 Å². The van der Waals surface area contributed by atoms with E-state index < -0.39 is 0 Å². The van der Waals surface area contributed by atoms with Crippen LogP contribution in [-0.4, -0.2) is 9.97 Å². The Morgan fingerprint density at radius 2 is 1.29 bits per heavy atom. The molecular formula is C20H14IrN3-. The number of pyridine rings is 1. The van der Waals surface area contributed by atoms with Gasteiger partial charge in [-0.15, -0.1) is 0 Å². The van der Waals surface area contributed by atoms with Crippen molar-refractivity contribution in [3.05, 3.63) is 85.1 Å². The van der Waals surface area contributed by atoms with Crippen molar-refractivity contribution in [3.8, 4) is 34.0 Å². The SMILES string of the molecule is [Ir].c1ccc(-c2nc(-c3ccccn3)[n-]c2-c2ccccc2)cc1. The van der Waals surface area contributed by atoms with Crippen LogP contribution in [0.2, 0.25) is 0 Å². The van der Waals surface area contributed by atoms with E-state index in [4.69, 9.17) is 9.97 Å². The second-order valence-electron chi connectivity index (χ2n) is 5.19. The maximum Gasteiger partial charge on any atom is 0.0620 e. The van der Waals surface area contributed by atoms with Crippen molar-refractivity contribution in [1.82, 2.24) is 15.0 Å². The zero-order valence-corrected chi connectivity index (χ0v) is 15.2. The van der Waals surface area contributed by atoms with Crippen LogP contribution in [0.4, 0.5) is 0 Å². The summed E-state index contributed by atoms with van der Waals surface area (Å²) in [6.45, 7) is 0. The van der Waals surface area contributed by atoms with Crippen LogP contribution in [0.3, 0.4) is 0 Å². The van der Waals surface area contributed by atoms with Gasteiger partial charge in [0.25, 0.3) is 0 Å². The van der Waals surface area contributed by atoms with Gasteiger partial charge in [-0.25, -0.2) is 0 Å². The Balaban J connectivity index is 0.00000169. The maximum absolute atomic E-state index is 4.75. The zero-order chi connectivity index (χ0) is 15.5. The molecule has 2 aromatic carbocycles. The fourth-order valence-electron chi connectivity index (χ4n) is 2.55. The summed E-state index contributed by atoms with van der Waals surface area (Å²) in [5, 5.41) is 0. The number of imidazole rings is 1. The van der Waals surface area contributed by atoms with Crippen molar-refractivity contribution in [2.75, 3.05) is 0 Å². The topological polar surface area (TPSA) is 39.9 Å². The average molecular weight is 489 g/mol. The van der Waals surface area contributed by atoms with Crippen LogP contribution >= 0.6 is 0 Å². The fourth-order valence-corrected chi connectivity index (χ4v) is 2.55. The molecule has 0 saturated heterocycles. The van der Waals surface area contributed by atoms with Crippen molar-refractivity contribution in [2.45, 2.75) is 0 Å². The number of nitrogens with zero attached hydrogens (tertiary/aromatic N) is 3. The molecule has 1 radical (unpaired) electrons. The molecule has 0 spiro atoms. The van der Waals surface area contributed by atoms with Gasteiger partial charge in [0.2, 0.25) is 0 Å². The van der Waals surface area contributed by atoms with Crippen molar-refractivity contribution in [2.24, 2.45) is 0 Å². The molecule has 2 heterocycles. The van der Waals surface area contributed by atoms with Gasteiger partial charge in [-0.3, -0.25) is 4.98 Å². The quantitative estimate of drug-likeness (QED) is 0.428. The van der Waals surface area contributed by atoms with Crippen LogP contribution < -0.4 is 4.98 Å². The fraction of sp³-hybridized carbons (Fsp3) is 0. The molecule has 4 heteroatoms. The van der Waals surface area contributed by atoms with Crippen LogP contribution in [0.25, 0.3) is 34.0 Å². The summed E-state index contributed by atoms with van der Waals surface area (Å²) in [4.78, 5) is 13.9. The van der Waals surface area contributed by atoms with E-state index in [-0.39, 0.29) is 20.1 Å². The van der Waals surface area contributed by atoms with E-state index in [2.05, 4.69) is 29.2 Å². The van der Waals surface area contributed by atoms with E-state index >= 15 is 0 Å². The third-order valence-electron chi connectivity index (χ3n) is 3.65. The molecule has 0 N–H and O–H groups in total. The van der Waals surface area contributed by atoms with Crippen LogP contribution in [0.5, 0.6) is 0 Å². The average Bonchev–Trinajstić information content (AvgIpc) is 3.09. The summed E-state index contributed by atoms with van der Waals surface area (Å²) in [6.07, 6.45) is 1.76. The molecule has 0 fully saturated rings. The second kappa shape index (κ2) is 7.35. The molecule has 4 aromatic rings. The van der Waals surface area contributed by atoms with Crippen LogP contribution in [0.1, 0.15) is 0 Å². The first-order valence-electron chi connectivity index (χ1n) is 7.49. The van der Waals surface area contributed by atoms with Crippen molar-refractivity contribution in [3.63, 3.8) is 0 Å². The minimum Gasteiger partial charge on any atom is -0.434 e. The Kier molecular flexibility index (Phi) is 4.99. The molecule has 119 valence electrons. The van der Waals surface area contributed by atoms with Crippen molar-refractivity contribution in [1.29, 1.82) is 0 Å². The van der Waals surface area contributed by atoms with E-state index in [9.17, 15) is 0 Å². The van der Waals surface area contributed by atoms with E-state index in [0.717, 1.165) is 28.2 Å². The molecule has 0 atom stereocenters. The molecule has 0 bridgehead atoms. The van der Waals surface area contributed by atoms with E-state index in [0.29, 0.717) is 5.82 Å². The number of benzene rings is 2. The second-order valence-corrected chi connectivity index (χ2v) is 5.19. The predicted molar refractivity (Wildman–Crippen MR) is 91.7 cm³/mol. The standard InChI is InChI=1S/C20H14N3.Ir/c1-3-9-15(10-4-1)18-19(16-11-5-2-6-12-16)23-20(22-18)17-13-7-8-14-21-17;/h1-14H;/q-1;. The molecule has 0 aliphatic carbocycles. The van der Waals surface area contributed by atoms with Gasteiger partial charge in [-0.1, -0.05) is 66.7 Å². The summed E-state index contributed by atoms with van der Waals surface area (Å²) < 4.78 is 0. The molecule has 0 unspecified atom stereocenters. The minimum atomic E-state index is 0. The Hall–Kier alpha value is -2.55. The third kappa shape index (κ3) is 3.20. The zero-order valence-electron chi connectivity index (χ0n) is 12.8. The van der Waals surface area contributed by atoms with Gasteiger partial charge in [0.05, 0.1) is 5.69 Å². The van der Waals surface area contributed by atoms with E-state index in [1.807, 2.05) is 54.6 Å². The predicted octanol–water partition coefficient (Wildman–Crippen LogP) is 4.43. The van der Waals surface area contributed by atoms with Crippen LogP contribution in [0, 0.1) is 0 Å². The Morgan fingerprint density at radius 3 is 1.92 bits per heavy atom. The van der Waals surface area contributed by atoms with Gasteiger partial charge in [-0.2, -0.15) is 0 Å². The molecular weight excluding hydrogens is 474 g/mol. The summed E-state index contributed by atoms with van der Waals surface area (Å²) in [7, 11) is 0. The molecule has 0 aliphatic rings. The molecule has 0 saturated carbocycles. The molecule has 0 aliphatic heterocycles. The molecule has 24 heavy (non-hydrogen) atoms. The molecule has 3 nitrogen and oxygen atoms in total. The summed E-state index contributed by atoms with van der Waals surface area (Å²) in [5.74, 6) is 0.656. The molecule has 0 amide bonds. The van der Waals surface area contributed by atoms with Gasteiger partial charge in [0, 0.05) is 26.3 Å². The van der Waals surface area contributed by atoms with E-state index in [1.165, 1.54) is 0 Å². The van der Waals surface area contributed by atoms with Crippen LogP contribution in [-0.2, 0) is 20.1 Å². The summed E-state index contributed by atoms with van der Waals surface area (Å²) in [5.41, 5.74) is 4.67. The number of aromatic nitrogens is 3. The number of hydrogen-bond donors (Lipinski definition) is 0. The smallest absolute Gasteiger partial charge is 0.0620 e. The number of rotatable bonds is 3. The van der Waals surface area contributed by atoms with Gasteiger partial charge >= 0.3 is 0 Å². The van der Waals surface area contributed by atoms with Crippen molar-refractivity contribution >= 4 is 0 Å². The van der Waals surface area contributed by atoms with Gasteiger partial charge in [0.1, 0.15) is 0 Å². The van der Waals surface area contributed by atoms with Gasteiger partial charge in [-0.05, 0) is 40.5 Å². The molecule has 2 aromatic heterocycles. The Bertz CT molecular complexity index is 847. The van der Waals surface area contributed by atoms with Crippen LogP contribution in [0.15, 0.2) is 85.1 Å². The molecule has 4 rings (SSSR count). The third-order valence-corrected chi connectivity index (χ3v) is 3.65. The van der Waals surface area contributed by atoms with E-state index in [1.54, 1.807) is 6.20 Å².